The summed E-state index contributed by atoms with van der Waals surface area (Å²) in [4.78, 5) is 0. The number of benzene rings is 2. The summed E-state index contributed by atoms with van der Waals surface area (Å²) < 4.78 is 10.9. The van der Waals surface area contributed by atoms with E-state index in [9.17, 15) is 0 Å². The van der Waals surface area contributed by atoms with Crippen LogP contribution in [0.25, 0.3) is 5.57 Å². The monoisotopic (exact) mass is 252 g/mol. The smallest absolute Gasteiger partial charge is 0.127 e. The first kappa shape index (κ1) is 11.8. The summed E-state index contributed by atoms with van der Waals surface area (Å²) in [6.45, 7) is 2.72. The predicted octanol–water partition coefficient (Wildman–Crippen LogP) is 3.83. The Morgan fingerprint density at radius 2 is 1.84 bits per heavy atom. The fourth-order valence-corrected chi connectivity index (χ4v) is 2.35. The Balaban J connectivity index is 2.05. The van der Waals surface area contributed by atoms with Crippen molar-refractivity contribution in [3.63, 3.8) is 0 Å². The molecule has 0 saturated carbocycles. The van der Waals surface area contributed by atoms with Gasteiger partial charge in [-0.1, -0.05) is 23.8 Å². The SMILES string of the molecule is COc1ccc(C2=CCOc3ccc(C)cc32)cc1. The molecule has 1 heterocycles. The van der Waals surface area contributed by atoms with E-state index < -0.39 is 0 Å². The van der Waals surface area contributed by atoms with Gasteiger partial charge in [0.15, 0.2) is 0 Å². The summed E-state index contributed by atoms with van der Waals surface area (Å²) in [7, 11) is 1.68. The molecule has 0 N–H and O–H groups in total. The van der Waals surface area contributed by atoms with Crippen LogP contribution >= 0.6 is 0 Å². The van der Waals surface area contributed by atoms with Gasteiger partial charge in [0, 0.05) is 5.56 Å². The van der Waals surface area contributed by atoms with Gasteiger partial charge in [-0.15, -0.1) is 0 Å². The lowest BCUT2D eigenvalue weighted by molar-refractivity contribution is 0.357. The van der Waals surface area contributed by atoms with E-state index >= 15 is 0 Å². The first-order valence-electron chi connectivity index (χ1n) is 6.36. The van der Waals surface area contributed by atoms with Crippen molar-refractivity contribution in [2.75, 3.05) is 13.7 Å². The van der Waals surface area contributed by atoms with Gasteiger partial charge in [0.2, 0.25) is 0 Å². The zero-order valence-corrected chi connectivity index (χ0v) is 11.1. The Morgan fingerprint density at radius 3 is 2.58 bits per heavy atom. The number of methoxy groups -OCH3 is 1. The maximum absolute atomic E-state index is 5.67. The second kappa shape index (κ2) is 4.81. The molecule has 0 aliphatic carbocycles. The molecule has 1 aliphatic heterocycles. The van der Waals surface area contributed by atoms with Gasteiger partial charge in [-0.3, -0.25) is 0 Å². The molecule has 2 aromatic rings. The van der Waals surface area contributed by atoms with E-state index in [0.29, 0.717) is 6.61 Å². The van der Waals surface area contributed by atoms with Gasteiger partial charge in [-0.2, -0.15) is 0 Å². The van der Waals surface area contributed by atoms with E-state index in [-0.39, 0.29) is 0 Å². The Labute approximate surface area is 113 Å². The van der Waals surface area contributed by atoms with Gasteiger partial charge in [0.25, 0.3) is 0 Å². The van der Waals surface area contributed by atoms with Crippen molar-refractivity contribution in [1.82, 2.24) is 0 Å². The molecule has 0 unspecified atom stereocenters. The molecule has 96 valence electrons. The van der Waals surface area contributed by atoms with Crippen LogP contribution in [0.4, 0.5) is 0 Å². The highest BCUT2D eigenvalue weighted by Crippen LogP contribution is 2.35. The van der Waals surface area contributed by atoms with Crippen molar-refractivity contribution >= 4 is 5.57 Å². The number of rotatable bonds is 2. The van der Waals surface area contributed by atoms with Crippen molar-refractivity contribution in [3.8, 4) is 11.5 Å². The predicted molar refractivity (Wildman–Crippen MR) is 76.7 cm³/mol. The lowest BCUT2D eigenvalue weighted by Crippen LogP contribution is -2.05. The van der Waals surface area contributed by atoms with E-state index in [1.54, 1.807) is 7.11 Å². The van der Waals surface area contributed by atoms with E-state index in [1.807, 2.05) is 18.2 Å². The highest BCUT2D eigenvalue weighted by atomic mass is 16.5. The van der Waals surface area contributed by atoms with Crippen LogP contribution < -0.4 is 9.47 Å². The Bertz CT molecular complexity index is 624. The van der Waals surface area contributed by atoms with E-state index in [1.165, 1.54) is 16.7 Å². The van der Waals surface area contributed by atoms with Gasteiger partial charge in [0.1, 0.15) is 18.1 Å². The lowest BCUT2D eigenvalue weighted by Gasteiger charge is -2.19. The van der Waals surface area contributed by atoms with Crippen LogP contribution in [0.5, 0.6) is 11.5 Å². The van der Waals surface area contributed by atoms with Crippen molar-refractivity contribution in [1.29, 1.82) is 0 Å². The van der Waals surface area contributed by atoms with Crippen LogP contribution in [0.15, 0.2) is 48.5 Å². The number of aryl methyl sites for hydroxylation is 1. The lowest BCUT2D eigenvalue weighted by atomic mass is 9.94. The van der Waals surface area contributed by atoms with Gasteiger partial charge in [-0.25, -0.2) is 0 Å². The molecule has 2 heteroatoms. The van der Waals surface area contributed by atoms with Crippen molar-refractivity contribution < 1.29 is 9.47 Å². The molecule has 1 aliphatic rings. The fourth-order valence-electron chi connectivity index (χ4n) is 2.35. The highest BCUT2D eigenvalue weighted by molar-refractivity contribution is 5.84. The van der Waals surface area contributed by atoms with Crippen LogP contribution in [0, 0.1) is 6.92 Å². The standard InChI is InChI=1S/C17H16O2/c1-12-3-8-17-16(11-12)15(9-10-19-17)13-4-6-14(18-2)7-5-13/h3-9,11H,10H2,1-2H3. The average Bonchev–Trinajstić information content (AvgIpc) is 2.47. The van der Waals surface area contributed by atoms with Gasteiger partial charge in [0.05, 0.1) is 7.11 Å². The summed E-state index contributed by atoms with van der Waals surface area (Å²) in [5.41, 5.74) is 4.82. The van der Waals surface area contributed by atoms with Crippen molar-refractivity contribution in [2.24, 2.45) is 0 Å². The topological polar surface area (TPSA) is 18.5 Å². The number of ether oxygens (including phenoxy) is 2. The molecule has 3 rings (SSSR count). The summed E-state index contributed by atoms with van der Waals surface area (Å²) in [6.07, 6.45) is 2.13. The quantitative estimate of drug-likeness (QED) is 0.808. The minimum Gasteiger partial charge on any atom is -0.497 e. The Hall–Kier alpha value is -2.22. The Kier molecular flexibility index (Phi) is 3.00. The molecule has 0 saturated heterocycles. The minimum absolute atomic E-state index is 0.622. The van der Waals surface area contributed by atoms with Gasteiger partial charge >= 0.3 is 0 Å². The van der Waals surface area contributed by atoms with Crippen LogP contribution in [0.1, 0.15) is 16.7 Å². The molecule has 19 heavy (non-hydrogen) atoms. The summed E-state index contributed by atoms with van der Waals surface area (Å²) in [5.74, 6) is 1.83. The van der Waals surface area contributed by atoms with Crippen LogP contribution in [0.3, 0.4) is 0 Å². The third-order valence-electron chi connectivity index (χ3n) is 3.35. The average molecular weight is 252 g/mol. The zero-order valence-electron chi connectivity index (χ0n) is 11.1. The normalized spacial score (nSPS) is 13.3. The molecule has 0 radical (unpaired) electrons. The second-order valence-electron chi connectivity index (χ2n) is 4.66. The zero-order chi connectivity index (χ0) is 13.2. The van der Waals surface area contributed by atoms with Crippen LogP contribution in [-0.2, 0) is 0 Å². The molecular formula is C17H16O2. The molecule has 0 atom stereocenters. The molecule has 2 nitrogen and oxygen atoms in total. The van der Waals surface area contributed by atoms with Crippen LogP contribution in [0.2, 0.25) is 0 Å². The molecule has 0 fully saturated rings. The molecule has 0 bridgehead atoms. The number of fused-ring (bicyclic) bond motifs is 1. The molecule has 0 aromatic heterocycles. The largest absolute Gasteiger partial charge is 0.497 e. The van der Waals surface area contributed by atoms with E-state index in [4.69, 9.17) is 9.47 Å². The number of hydrogen-bond acceptors (Lipinski definition) is 2. The molecule has 0 spiro atoms. The van der Waals surface area contributed by atoms with Crippen molar-refractivity contribution in [3.05, 3.63) is 65.2 Å². The first-order valence-corrected chi connectivity index (χ1v) is 6.36. The third kappa shape index (κ3) is 2.22. The maximum atomic E-state index is 5.67. The number of hydrogen-bond donors (Lipinski definition) is 0. The summed E-state index contributed by atoms with van der Waals surface area (Å²) in [6, 6.07) is 14.4. The maximum Gasteiger partial charge on any atom is 0.127 e. The summed E-state index contributed by atoms with van der Waals surface area (Å²) >= 11 is 0. The minimum atomic E-state index is 0.622. The van der Waals surface area contributed by atoms with Gasteiger partial charge < -0.3 is 9.47 Å². The highest BCUT2D eigenvalue weighted by Gasteiger charge is 2.15. The third-order valence-corrected chi connectivity index (χ3v) is 3.35. The Morgan fingerprint density at radius 1 is 1.05 bits per heavy atom. The van der Waals surface area contributed by atoms with E-state index in [0.717, 1.165) is 17.1 Å². The van der Waals surface area contributed by atoms with Crippen LogP contribution in [-0.4, -0.2) is 13.7 Å². The summed E-state index contributed by atoms with van der Waals surface area (Å²) in [5, 5.41) is 0. The molecule has 0 amide bonds. The second-order valence-corrected chi connectivity index (χ2v) is 4.66. The molecule has 2 aromatic carbocycles. The van der Waals surface area contributed by atoms with Crippen molar-refractivity contribution in [2.45, 2.75) is 6.92 Å². The van der Waals surface area contributed by atoms with Gasteiger partial charge in [-0.05, 0) is 48.4 Å². The first-order chi connectivity index (χ1) is 9.28. The molecular weight excluding hydrogens is 236 g/mol. The van der Waals surface area contributed by atoms with E-state index in [2.05, 4.69) is 37.3 Å². The fraction of sp³-hybridized carbons (Fsp3) is 0.176.